The van der Waals surface area contributed by atoms with Gasteiger partial charge in [0.05, 0.1) is 12.8 Å². The molecule has 0 fully saturated rings. The fraction of sp³-hybridized carbons (Fsp3) is 0.500. The van der Waals surface area contributed by atoms with Gasteiger partial charge in [0.2, 0.25) is 0 Å². The maximum atomic E-state index is 10.8. The Labute approximate surface area is 113 Å². The third kappa shape index (κ3) is 4.05. The lowest BCUT2D eigenvalue weighted by atomic mass is 9.77. The van der Waals surface area contributed by atoms with Crippen LogP contribution in [0.15, 0.2) is 18.2 Å². The average molecular weight is 266 g/mol. The molecular formula is C14H22N2O3. The molecule has 1 amide bonds. The Morgan fingerprint density at radius 3 is 2.47 bits per heavy atom. The van der Waals surface area contributed by atoms with Crippen molar-refractivity contribution in [1.82, 2.24) is 0 Å². The number of rotatable bonds is 4. The molecule has 0 saturated heterocycles. The minimum Gasteiger partial charge on any atom is -0.495 e. The van der Waals surface area contributed by atoms with Gasteiger partial charge >= 0.3 is 6.09 Å². The van der Waals surface area contributed by atoms with Crippen molar-refractivity contribution in [3.63, 3.8) is 0 Å². The van der Waals surface area contributed by atoms with E-state index in [-0.39, 0.29) is 17.9 Å². The second kappa shape index (κ2) is 5.82. The summed E-state index contributed by atoms with van der Waals surface area (Å²) in [6, 6.07) is 5.57. The number of hydrogen-bond acceptors (Lipinski definition) is 4. The number of hydrogen-bond donors (Lipinski definition) is 2. The van der Waals surface area contributed by atoms with Crippen LogP contribution in [-0.4, -0.2) is 19.8 Å². The van der Waals surface area contributed by atoms with Crippen LogP contribution < -0.4 is 16.2 Å². The highest BCUT2D eigenvalue weighted by atomic mass is 16.5. The lowest BCUT2D eigenvalue weighted by molar-refractivity contribution is 0.125. The molecule has 0 spiro atoms. The van der Waals surface area contributed by atoms with E-state index in [1.807, 2.05) is 12.1 Å². The summed E-state index contributed by atoms with van der Waals surface area (Å²) < 4.78 is 10.2. The fourth-order valence-electron chi connectivity index (χ4n) is 1.96. The van der Waals surface area contributed by atoms with Gasteiger partial charge in [0.15, 0.2) is 0 Å². The summed E-state index contributed by atoms with van der Waals surface area (Å²) in [5.41, 5.74) is 12.3. The number of amides is 1. The normalized spacial score (nSPS) is 12.8. The largest absolute Gasteiger partial charge is 0.495 e. The first-order chi connectivity index (χ1) is 8.75. The summed E-state index contributed by atoms with van der Waals surface area (Å²) in [7, 11) is 1.57. The molecule has 19 heavy (non-hydrogen) atoms. The van der Waals surface area contributed by atoms with Gasteiger partial charge in [0.1, 0.15) is 12.4 Å². The van der Waals surface area contributed by atoms with Crippen LogP contribution in [0.25, 0.3) is 0 Å². The van der Waals surface area contributed by atoms with Crippen LogP contribution in [0.4, 0.5) is 10.5 Å². The smallest absolute Gasteiger partial charge is 0.404 e. The molecule has 0 aliphatic carbocycles. The zero-order valence-corrected chi connectivity index (χ0v) is 11.9. The highest BCUT2D eigenvalue weighted by Gasteiger charge is 2.28. The number of primary amides is 1. The van der Waals surface area contributed by atoms with E-state index in [4.69, 9.17) is 20.9 Å². The number of nitrogens with two attached hydrogens (primary N) is 2. The summed E-state index contributed by atoms with van der Waals surface area (Å²) in [6.45, 7) is 6.45. The highest BCUT2D eigenvalue weighted by molar-refractivity contribution is 5.64. The number of carbonyl (C=O) groups excluding carboxylic acids is 1. The Bertz CT molecular complexity index is 452. The quantitative estimate of drug-likeness (QED) is 0.820. The van der Waals surface area contributed by atoms with Crippen molar-refractivity contribution >= 4 is 11.8 Å². The lowest BCUT2D eigenvalue weighted by Crippen LogP contribution is -2.26. The van der Waals surface area contributed by atoms with E-state index in [0.717, 1.165) is 5.56 Å². The third-order valence-corrected chi connectivity index (χ3v) is 3.10. The van der Waals surface area contributed by atoms with Crippen molar-refractivity contribution in [2.45, 2.75) is 26.7 Å². The van der Waals surface area contributed by atoms with Crippen molar-refractivity contribution in [3.05, 3.63) is 23.8 Å². The minimum atomic E-state index is -0.767. The van der Waals surface area contributed by atoms with E-state index in [9.17, 15) is 4.79 Å². The lowest BCUT2D eigenvalue weighted by Gasteiger charge is -2.30. The Morgan fingerprint density at radius 2 is 2.00 bits per heavy atom. The summed E-state index contributed by atoms with van der Waals surface area (Å²) in [5, 5.41) is 0. The van der Waals surface area contributed by atoms with Crippen molar-refractivity contribution in [1.29, 1.82) is 0 Å². The molecule has 5 nitrogen and oxygen atoms in total. The second-order valence-electron chi connectivity index (χ2n) is 5.55. The number of carbonyl (C=O) groups is 1. The van der Waals surface area contributed by atoms with E-state index in [1.165, 1.54) is 0 Å². The molecule has 1 unspecified atom stereocenters. The number of nitrogen functional groups attached to an aromatic ring is 1. The molecule has 0 saturated carbocycles. The van der Waals surface area contributed by atoms with E-state index in [2.05, 4.69) is 20.8 Å². The fourth-order valence-corrected chi connectivity index (χ4v) is 1.96. The topological polar surface area (TPSA) is 87.6 Å². The predicted octanol–water partition coefficient (Wildman–Crippen LogP) is 2.50. The van der Waals surface area contributed by atoms with Gasteiger partial charge in [-0.15, -0.1) is 0 Å². The van der Waals surface area contributed by atoms with Gasteiger partial charge in [-0.25, -0.2) is 4.79 Å². The van der Waals surface area contributed by atoms with E-state index in [1.54, 1.807) is 13.2 Å². The van der Waals surface area contributed by atoms with Gasteiger partial charge in [0.25, 0.3) is 0 Å². The molecule has 1 rings (SSSR count). The monoisotopic (exact) mass is 266 g/mol. The predicted molar refractivity (Wildman–Crippen MR) is 75.1 cm³/mol. The SMILES string of the molecule is COc1cc(C(COC(N)=O)C(C)(C)C)ccc1N. The average Bonchev–Trinajstić information content (AvgIpc) is 2.29. The molecule has 0 aromatic heterocycles. The molecular weight excluding hydrogens is 244 g/mol. The van der Waals surface area contributed by atoms with Crippen molar-refractivity contribution in [2.75, 3.05) is 19.5 Å². The van der Waals surface area contributed by atoms with Gasteiger partial charge in [-0.05, 0) is 23.1 Å². The molecule has 0 aliphatic heterocycles. The summed E-state index contributed by atoms with van der Waals surface area (Å²) in [5.74, 6) is 0.625. The van der Waals surface area contributed by atoms with Crippen LogP contribution in [0.5, 0.6) is 5.75 Å². The van der Waals surface area contributed by atoms with Crippen molar-refractivity contribution in [2.24, 2.45) is 11.1 Å². The Kier molecular flexibility index (Phi) is 4.64. The Morgan fingerprint density at radius 1 is 1.37 bits per heavy atom. The van der Waals surface area contributed by atoms with Crippen LogP contribution in [-0.2, 0) is 4.74 Å². The molecule has 5 heteroatoms. The van der Waals surface area contributed by atoms with E-state index in [0.29, 0.717) is 11.4 Å². The first-order valence-electron chi connectivity index (χ1n) is 6.11. The van der Waals surface area contributed by atoms with E-state index >= 15 is 0 Å². The molecule has 4 N–H and O–H groups in total. The zero-order chi connectivity index (χ0) is 14.6. The van der Waals surface area contributed by atoms with Crippen LogP contribution >= 0.6 is 0 Å². The summed E-state index contributed by atoms with van der Waals surface area (Å²) in [4.78, 5) is 10.8. The maximum absolute atomic E-state index is 10.8. The van der Waals surface area contributed by atoms with Crippen molar-refractivity contribution < 1.29 is 14.3 Å². The molecule has 1 aromatic carbocycles. The third-order valence-electron chi connectivity index (χ3n) is 3.10. The summed E-state index contributed by atoms with van der Waals surface area (Å²) >= 11 is 0. The first kappa shape index (κ1) is 15.1. The van der Waals surface area contributed by atoms with Crippen molar-refractivity contribution in [3.8, 4) is 5.75 Å². The van der Waals surface area contributed by atoms with Crippen LogP contribution in [0.1, 0.15) is 32.3 Å². The van der Waals surface area contributed by atoms with Crippen LogP contribution in [0, 0.1) is 5.41 Å². The molecule has 0 bridgehead atoms. The molecule has 106 valence electrons. The minimum absolute atomic E-state index is 0.00880. The second-order valence-corrected chi connectivity index (χ2v) is 5.55. The van der Waals surface area contributed by atoms with Gasteiger partial charge in [-0.3, -0.25) is 0 Å². The van der Waals surface area contributed by atoms with Crippen LogP contribution in [0.2, 0.25) is 0 Å². The maximum Gasteiger partial charge on any atom is 0.404 e. The molecule has 0 aliphatic rings. The first-order valence-corrected chi connectivity index (χ1v) is 6.11. The summed E-state index contributed by atoms with van der Waals surface area (Å²) in [6.07, 6.45) is -0.767. The van der Waals surface area contributed by atoms with Crippen LogP contribution in [0.3, 0.4) is 0 Å². The number of anilines is 1. The molecule has 1 atom stereocenters. The molecule has 1 aromatic rings. The number of methoxy groups -OCH3 is 1. The number of ether oxygens (including phenoxy) is 2. The van der Waals surface area contributed by atoms with E-state index < -0.39 is 6.09 Å². The van der Waals surface area contributed by atoms with Gasteiger partial charge in [0, 0.05) is 5.92 Å². The van der Waals surface area contributed by atoms with Gasteiger partial charge in [-0.2, -0.15) is 0 Å². The zero-order valence-electron chi connectivity index (χ0n) is 11.9. The Balaban J connectivity index is 3.07. The molecule has 0 heterocycles. The van der Waals surface area contributed by atoms with Gasteiger partial charge in [-0.1, -0.05) is 26.8 Å². The molecule has 0 radical (unpaired) electrons. The standard InChI is InChI=1S/C14H22N2O3/c1-14(2,3)10(8-19-13(16)17)9-5-6-11(15)12(7-9)18-4/h5-7,10H,8,15H2,1-4H3,(H2,16,17). The number of benzene rings is 1. The van der Waals surface area contributed by atoms with Gasteiger partial charge < -0.3 is 20.9 Å². The highest BCUT2D eigenvalue weighted by Crippen LogP contribution is 2.37. The Hall–Kier alpha value is -1.91.